The molecule has 1 heterocycles. The van der Waals surface area contributed by atoms with Gasteiger partial charge in [-0.25, -0.2) is 0 Å². The van der Waals surface area contributed by atoms with Crippen LogP contribution in [0.25, 0.3) is 0 Å². The molecule has 2 rings (SSSR count). The van der Waals surface area contributed by atoms with Crippen LogP contribution in [0.3, 0.4) is 0 Å². The fourth-order valence-corrected chi connectivity index (χ4v) is 3.62. The Bertz CT molecular complexity index is 350. The quantitative estimate of drug-likeness (QED) is 0.839. The molecule has 0 bridgehead atoms. The van der Waals surface area contributed by atoms with Gasteiger partial charge in [-0.2, -0.15) is 5.26 Å². The van der Waals surface area contributed by atoms with E-state index in [9.17, 15) is 5.26 Å². The summed E-state index contributed by atoms with van der Waals surface area (Å²) >= 11 is 0. The SMILES string of the molecule is CC(C)NC(C)(C#N)CCN1CCOC2CCCCC21. The second-order valence-corrected chi connectivity index (χ2v) is 6.79. The summed E-state index contributed by atoms with van der Waals surface area (Å²) in [4.78, 5) is 2.56. The van der Waals surface area contributed by atoms with Crippen molar-refractivity contribution in [2.24, 2.45) is 0 Å². The van der Waals surface area contributed by atoms with Gasteiger partial charge in [0.05, 0.1) is 18.8 Å². The maximum atomic E-state index is 9.44. The smallest absolute Gasteiger partial charge is 0.105 e. The molecule has 1 aliphatic heterocycles. The van der Waals surface area contributed by atoms with Gasteiger partial charge in [0, 0.05) is 25.2 Å². The van der Waals surface area contributed by atoms with Gasteiger partial charge in [-0.05, 0) is 40.0 Å². The highest BCUT2D eigenvalue weighted by Gasteiger charge is 2.35. The first-order valence-electron chi connectivity index (χ1n) is 8.09. The van der Waals surface area contributed by atoms with Gasteiger partial charge < -0.3 is 4.74 Å². The number of hydrogen-bond acceptors (Lipinski definition) is 4. The summed E-state index contributed by atoms with van der Waals surface area (Å²) in [5.41, 5.74) is -0.420. The van der Waals surface area contributed by atoms with Crippen LogP contribution in [0.15, 0.2) is 0 Å². The van der Waals surface area contributed by atoms with Crippen LogP contribution in [-0.2, 0) is 4.74 Å². The summed E-state index contributed by atoms with van der Waals surface area (Å²) in [6.45, 7) is 9.08. The molecule has 1 N–H and O–H groups in total. The highest BCUT2D eigenvalue weighted by Crippen LogP contribution is 2.29. The lowest BCUT2D eigenvalue weighted by molar-refractivity contribution is -0.0891. The van der Waals surface area contributed by atoms with E-state index in [1.54, 1.807) is 0 Å². The molecule has 4 nitrogen and oxygen atoms in total. The summed E-state index contributed by atoms with van der Waals surface area (Å²) in [5.74, 6) is 0. The van der Waals surface area contributed by atoms with Crippen molar-refractivity contribution in [1.29, 1.82) is 5.26 Å². The second-order valence-electron chi connectivity index (χ2n) is 6.79. The van der Waals surface area contributed by atoms with Crippen LogP contribution in [-0.4, -0.2) is 48.3 Å². The molecule has 114 valence electrons. The minimum atomic E-state index is -0.420. The third-order valence-electron chi connectivity index (χ3n) is 4.60. The molecule has 4 heteroatoms. The van der Waals surface area contributed by atoms with Crippen LogP contribution >= 0.6 is 0 Å². The third-order valence-corrected chi connectivity index (χ3v) is 4.60. The molecule has 0 spiro atoms. The number of nitrogens with one attached hydrogen (secondary N) is 1. The molecular formula is C16H29N3O. The normalized spacial score (nSPS) is 30.6. The maximum Gasteiger partial charge on any atom is 0.105 e. The van der Waals surface area contributed by atoms with Gasteiger partial charge in [0.1, 0.15) is 5.54 Å². The van der Waals surface area contributed by atoms with Crippen molar-refractivity contribution >= 4 is 0 Å². The minimum absolute atomic E-state index is 0.340. The largest absolute Gasteiger partial charge is 0.375 e. The Morgan fingerprint density at radius 3 is 2.85 bits per heavy atom. The number of ether oxygens (including phenoxy) is 1. The zero-order valence-corrected chi connectivity index (χ0v) is 13.2. The van der Waals surface area contributed by atoms with E-state index in [1.807, 2.05) is 6.92 Å². The minimum Gasteiger partial charge on any atom is -0.375 e. The highest BCUT2D eigenvalue weighted by molar-refractivity contribution is 5.05. The summed E-state index contributed by atoms with van der Waals surface area (Å²) in [7, 11) is 0. The molecule has 0 aromatic rings. The first-order chi connectivity index (χ1) is 9.54. The molecule has 0 amide bonds. The summed E-state index contributed by atoms with van der Waals surface area (Å²) < 4.78 is 5.91. The van der Waals surface area contributed by atoms with Gasteiger partial charge in [0.2, 0.25) is 0 Å². The van der Waals surface area contributed by atoms with E-state index >= 15 is 0 Å². The standard InChI is InChI=1S/C16H29N3O/c1-13(2)18-16(3,12-17)8-9-19-10-11-20-15-7-5-4-6-14(15)19/h13-15,18H,4-11H2,1-3H3. The lowest BCUT2D eigenvalue weighted by atomic mass is 9.89. The van der Waals surface area contributed by atoms with Gasteiger partial charge in [-0.3, -0.25) is 10.2 Å². The molecule has 0 aromatic carbocycles. The Balaban J connectivity index is 1.90. The van der Waals surface area contributed by atoms with E-state index < -0.39 is 5.54 Å². The first-order valence-corrected chi connectivity index (χ1v) is 8.09. The van der Waals surface area contributed by atoms with Gasteiger partial charge >= 0.3 is 0 Å². The van der Waals surface area contributed by atoms with Gasteiger partial charge in [0.15, 0.2) is 0 Å². The van der Waals surface area contributed by atoms with Crippen molar-refractivity contribution in [1.82, 2.24) is 10.2 Å². The molecule has 0 aromatic heterocycles. The molecule has 3 unspecified atom stereocenters. The van der Waals surface area contributed by atoms with E-state index in [4.69, 9.17) is 4.74 Å². The third kappa shape index (κ3) is 3.94. The van der Waals surface area contributed by atoms with Crippen molar-refractivity contribution < 1.29 is 4.74 Å². The van der Waals surface area contributed by atoms with E-state index in [0.717, 1.165) is 26.1 Å². The van der Waals surface area contributed by atoms with Crippen molar-refractivity contribution in [2.45, 2.75) is 76.6 Å². The molecule has 1 saturated heterocycles. The molecule has 2 aliphatic rings. The molecule has 2 fully saturated rings. The van der Waals surface area contributed by atoms with Crippen LogP contribution < -0.4 is 5.32 Å². The monoisotopic (exact) mass is 279 g/mol. The molecule has 1 saturated carbocycles. The van der Waals surface area contributed by atoms with E-state index in [2.05, 4.69) is 30.1 Å². The van der Waals surface area contributed by atoms with Crippen molar-refractivity contribution in [3.8, 4) is 6.07 Å². The Morgan fingerprint density at radius 1 is 1.40 bits per heavy atom. The van der Waals surface area contributed by atoms with Crippen LogP contribution in [0.2, 0.25) is 0 Å². The van der Waals surface area contributed by atoms with Crippen LogP contribution in [0.1, 0.15) is 52.9 Å². The lowest BCUT2D eigenvalue weighted by Crippen LogP contribution is -2.55. The number of hydrogen-bond donors (Lipinski definition) is 1. The number of morpholine rings is 1. The Kier molecular flexibility index (Phi) is 5.42. The number of nitrogens with zero attached hydrogens (tertiary/aromatic N) is 2. The summed E-state index contributed by atoms with van der Waals surface area (Å²) in [6, 6.07) is 3.37. The predicted molar refractivity (Wildman–Crippen MR) is 80.5 cm³/mol. The van der Waals surface area contributed by atoms with Gasteiger partial charge in [-0.15, -0.1) is 0 Å². The number of rotatable bonds is 5. The predicted octanol–water partition coefficient (Wildman–Crippen LogP) is 2.30. The van der Waals surface area contributed by atoms with E-state index in [0.29, 0.717) is 18.2 Å². The van der Waals surface area contributed by atoms with Crippen molar-refractivity contribution in [3.63, 3.8) is 0 Å². The van der Waals surface area contributed by atoms with Crippen molar-refractivity contribution in [3.05, 3.63) is 0 Å². The first kappa shape index (κ1) is 15.8. The lowest BCUT2D eigenvalue weighted by Gasteiger charge is -2.44. The van der Waals surface area contributed by atoms with Crippen LogP contribution in [0, 0.1) is 11.3 Å². The van der Waals surface area contributed by atoms with Gasteiger partial charge in [-0.1, -0.05) is 12.8 Å². The maximum absolute atomic E-state index is 9.44. The molecule has 20 heavy (non-hydrogen) atoms. The fourth-order valence-electron chi connectivity index (χ4n) is 3.62. The Labute approximate surface area is 123 Å². The molecular weight excluding hydrogens is 250 g/mol. The van der Waals surface area contributed by atoms with Gasteiger partial charge in [0.25, 0.3) is 0 Å². The molecule has 0 radical (unpaired) electrons. The van der Waals surface area contributed by atoms with Crippen molar-refractivity contribution in [2.75, 3.05) is 19.7 Å². The topological polar surface area (TPSA) is 48.3 Å². The molecule has 1 aliphatic carbocycles. The molecule has 3 atom stereocenters. The zero-order valence-electron chi connectivity index (χ0n) is 13.2. The Hall–Kier alpha value is -0.630. The van der Waals surface area contributed by atoms with Crippen LogP contribution in [0.5, 0.6) is 0 Å². The average molecular weight is 279 g/mol. The van der Waals surface area contributed by atoms with E-state index in [-0.39, 0.29) is 0 Å². The average Bonchev–Trinajstić information content (AvgIpc) is 2.44. The summed E-state index contributed by atoms with van der Waals surface area (Å²) in [6.07, 6.45) is 6.40. The second kappa shape index (κ2) is 6.89. The Morgan fingerprint density at radius 2 is 2.15 bits per heavy atom. The fraction of sp³-hybridized carbons (Fsp3) is 0.938. The zero-order chi connectivity index (χ0) is 14.6. The number of nitriles is 1. The van der Waals surface area contributed by atoms with E-state index in [1.165, 1.54) is 25.7 Å². The van der Waals surface area contributed by atoms with Crippen LogP contribution in [0.4, 0.5) is 0 Å². The highest BCUT2D eigenvalue weighted by atomic mass is 16.5. The summed E-state index contributed by atoms with van der Waals surface area (Å²) in [5, 5.41) is 12.8. The number of fused-ring (bicyclic) bond motifs is 1.